The van der Waals surface area contributed by atoms with E-state index in [-0.39, 0.29) is 5.24 Å². The van der Waals surface area contributed by atoms with Gasteiger partial charge in [0.2, 0.25) is 5.24 Å². The SMILES string of the molecule is O=C(Cl)CC1C[CH+]CC1. The van der Waals surface area contributed by atoms with Gasteiger partial charge in [-0.1, -0.05) is 0 Å². The third-order valence-electron chi connectivity index (χ3n) is 1.73. The van der Waals surface area contributed by atoms with Gasteiger partial charge >= 0.3 is 0 Å². The van der Waals surface area contributed by atoms with Crippen LogP contribution >= 0.6 is 11.6 Å². The average Bonchev–Trinajstić information content (AvgIpc) is 2.15. The highest BCUT2D eigenvalue weighted by atomic mass is 35.5. The summed E-state index contributed by atoms with van der Waals surface area (Å²) in [4.78, 5) is 10.4. The van der Waals surface area contributed by atoms with Gasteiger partial charge in [0.15, 0.2) is 0 Å². The lowest BCUT2D eigenvalue weighted by Gasteiger charge is -1.97. The van der Waals surface area contributed by atoms with Gasteiger partial charge in [-0.2, -0.15) is 0 Å². The molecule has 0 aromatic rings. The molecule has 0 radical (unpaired) electrons. The van der Waals surface area contributed by atoms with E-state index in [0.717, 1.165) is 19.3 Å². The molecule has 50 valence electrons. The molecule has 2 heteroatoms. The molecule has 0 aromatic heterocycles. The molecule has 1 atom stereocenters. The molecule has 0 bridgehead atoms. The highest BCUT2D eigenvalue weighted by Gasteiger charge is 2.23. The smallest absolute Gasteiger partial charge is 0.222 e. The van der Waals surface area contributed by atoms with E-state index in [1.54, 1.807) is 0 Å². The zero-order valence-corrected chi connectivity index (χ0v) is 6.03. The van der Waals surface area contributed by atoms with Gasteiger partial charge in [-0.15, -0.1) is 0 Å². The number of carbonyl (C=O) groups is 1. The van der Waals surface area contributed by atoms with Gasteiger partial charge < -0.3 is 0 Å². The van der Waals surface area contributed by atoms with Crippen molar-refractivity contribution in [3.63, 3.8) is 0 Å². The predicted molar refractivity (Wildman–Crippen MR) is 37.1 cm³/mol. The summed E-state index contributed by atoms with van der Waals surface area (Å²) in [5, 5.41) is -0.185. The second-order valence-electron chi connectivity index (χ2n) is 2.53. The zero-order chi connectivity index (χ0) is 6.69. The molecule has 0 amide bonds. The van der Waals surface area contributed by atoms with E-state index >= 15 is 0 Å². The molecule has 1 rings (SSSR count). The van der Waals surface area contributed by atoms with Gasteiger partial charge in [-0.3, -0.25) is 4.79 Å². The third-order valence-corrected chi connectivity index (χ3v) is 1.88. The molecule has 1 fully saturated rings. The van der Waals surface area contributed by atoms with E-state index in [4.69, 9.17) is 11.6 Å². The van der Waals surface area contributed by atoms with Crippen LogP contribution in [0, 0.1) is 12.3 Å². The minimum Gasteiger partial charge on any atom is -0.281 e. The number of halogens is 1. The van der Waals surface area contributed by atoms with E-state index in [0.29, 0.717) is 12.3 Å². The van der Waals surface area contributed by atoms with Crippen molar-refractivity contribution in [1.82, 2.24) is 0 Å². The van der Waals surface area contributed by atoms with Crippen LogP contribution in [0.1, 0.15) is 25.7 Å². The fourth-order valence-corrected chi connectivity index (χ4v) is 1.46. The number of rotatable bonds is 2. The molecule has 1 unspecified atom stereocenters. The minimum absolute atomic E-state index is 0.185. The van der Waals surface area contributed by atoms with Crippen LogP contribution in [0.2, 0.25) is 0 Å². The lowest BCUT2D eigenvalue weighted by Crippen LogP contribution is -1.97. The van der Waals surface area contributed by atoms with Gasteiger partial charge in [0.25, 0.3) is 0 Å². The molecule has 0 aromatic carbocycles. The van der Waals surface area contributed by atoms with E-state index in [1.807, 2.05) is 0 Å². The summed E-state index contributed by atoms with van der Waals surface area (Å²) >= 11 is 5.21. The normalized spacial score (nSPS) is 25.7. The van der Waals surface area contributed by atoms with Crippen molar-refractivity contribution in [2.75, 3.05) is 0 Å². The Bertz CT molecular complexity index is 105. The first-order valence-electron chi connectivity index (χ1n) is 3.29. The van der Waals surface area contributed by atoms with E-state index in [9.17, 15) is 4.79 Å². The summed E-state index contributed by atoms with van der Waals surface area (Å²) in [7, 11) is 0. The fourth-order valence-electron chi connectivity index (χ4n) is 1.24. The molecule has 1 aliphatic carbocycles. The van der Waals surface area contributed by atoms with Crippen LogP contribution in [0.25, 0.3) is 0 Å². The summed E-state index contributed by atoms with van der Waals surface area (Å²) in [6.07, 6.45) is 6.19. The first kappa shape index (κ1) is 6.94. The maximum atomic E-state index is 10.4. The summed E-state index contributed by atoms with van der Waals surface area (Å²) in [6, 6.07) is 0. The first-order chi connectivity index (χ1) is 4.29. The van der Waals surface area contributed by atoms with Crippen LogP contribution in [-0.4, -0.2) is 5.24 Å². The van der Waals surface area contributed by atoms with Gasteiger partial charge in [0.05, 0.1) is 19.3 Å². The van der Waals surface area contributed by atoms with Gasteiger partial charge in [-0.25, -0.2) is 0 Å². The van der Waals surface area contributed by atoms with Gasteiger partial charge in [-0.05, 0) is 18.0 Å². The molecule has 1 saturated carbocycles. The van der Waals surface area contributed by atoms with Crippen molar-refractivity contribution >= 4 is 16.8 Å². The van der Waals surface area contributed by atoms with Crippen molar-refractivity contribution < 1.29 is 4.79 Å². The van der Waals surface area contributed by atoms with Crippen molar-refractivity contribution in [2.24, 2.45) is 5.92 Å². The Morgan fingerprint density at radius 3 is 3.00 bits per heavy atom. The quantitative estimate of drug-likeness (QED) is 0.430. The molecule has 0 spiro atoms. The molecule has 0 saturated heterocycles. The lowest BCUT2D eigenvalue weighted by atomic mass is 10.1. The number of carbonyl (C=O) groups excluding carboxylic acids is 1. The van der Waals surface area contributed by atoms with Crippen molar-refractivity contribution in [3.05, 3.63) is 6.42 Å². The largest absolute Gasteiger partial charge is 0.281 e. The molecule has 1 aliphatic rings. The Morgan fingerprint density at radius 2 is 2.56 bits per heavy atom. The van der Waals surface area contributed by atoms with Crippen LogP contribution in [0.4, 0.5) is 0 Å². The standard InChI is InChI=1S/C7H10ClO/c8-7(9)5-6-3-1-2-4-6/h1,6H,2-5H2/q+1. The van der Waals surface area contributed by atoms with Crippen LogP contribution in [0.3, 0.4) is 0 Å². The summed E-state index contributed by atoms with van der Waals surface area (Å²) in [5.74, 6) is 0.551. The Kier molecular flexibility index (Phi) is 2.40. The van der Waals surface area contributed by atoms with Gasteiger partial charge in [0.1, 0.15) is 0 Å². The average molecular weight is 146 g/mol. The molecule has 0 N–H and O–H groups in total. The monoisotopic (exact) mass is 145 g/mol. The third kappa shape index (κ3) is 2.27. The maximum Gasteiger partial charge on any atom is 0.222 e. The molecule has 9 heavy (non-hydrogen) atoms. The van der Waals surface area contributed by atoms with Crippen LogP contribution in [0.15, 0.2) is 0 Å². The Labute approximate surface area is 60.4 Å². The Balaban J connectivity index is 2.19. The molecular weight excluding hydrogens is 136 g/mol. The summed E-state index contributed by atoms with van der Waals surface area (Å²) in [6.45, 7) is 0. The fraction of sp³-hybridized carbons (Fsp3) is 0.714. The van der Waals surface area contributed by atoms with Crippen LogP contribution in [-0.2, 0) is 4.79 Å². The second-order valence-corrected chi connectivity index (χ2v) is 2.95. The minimum atomic E-state index is -0.185. The first-order valence-corrected chi connectivity index (χ1v) is 3.67. The second kappa shape index (κ2) is 3.11. The molecule has 1 nitrogen and oxygen atoms in total. The van der Waals surface area contributed by atoms with E-state index in [1.165, 1.54) is 0 Å². The summed E-state index contributed by atoms with van der Waals surface area (Å²) < 4.78 is 0. The number of hydrogen-bond acceptors (Lipinski definition) is 1. The summed E-state index contributed by atoms with van der Waals surface area (Å²) in [5.41, 5.74) is 0. The highest BCUT2D eigenvalue weighted by Crippen LogP contribution is 2.27. The van der Waals surface area contributed by atoms with Crippen molar-refractivity contribution in [1.29, 1.82) is 0 Å². The van der Waals surface area contributed by atoms with Crippen molar-refractivity contribution in [2.45, 2.75) is 25.7 Å². The topological polar surface area (TPSA) is 17.1 Å². The van der Waals surface area contributed by atoms with Crippen molar-refractivity contribution in [3.8, 4) is 0 Å². The predicted octanol–water partition coefficient (Wildman–Crippen LogP) is 2.15. The molecule has 0 aliphatic heterocycles. The molecular formula is C7H10ClO+. The Morgan fingerprint density at radius 1 is 1.78 bits per heavy atom. The van der Waals surface area contributed by atoms with Gasteiger partial charge in [0, 0.05) is 12.3 Å². The van der Waals surface area contributed by atoms with E-state index in [2.05, 4.69) is 6.42 Å². The zero-order valence-electron chi connectivity index (χ0n) is 5.27. The maximum absolute atomic E-state index is 10.4. The van der Waals surface area contributed by atoms with E-state index < -0.39 is 0 Å². The van der Waals surface area contributed by atoms with Crippen LogP contribution < -0.4 is 0 Å². The highest BCUT2D eigenvalue weighted by molar-refractivity contribution is 6.63. The lowest BCUT2D eigenvalue weighted by molar-refractivity contribution is -0.112. The molecule has 0 heterocycles. The number of hydrogen-bond donors (Lipinski definition) is 0. The Hall–Kier alpha value is -0.170. The van der Waals surface area contributed by atoms with Crippen LogP contribution in [0.5, 0.6) is 0 Å².